The normalized spacial score (nSPS) is 11.4. The summed E-state index contributed by atoms with van der Waals surface area (Å²) in [6.07, 6.45) is 0. The highest BCUT2D eigenvalue weighted by atomic mass is 32.2. The molecule has 0 unspecified atom stereocenters. The zero-order valence-corrected chi connectivity index (χ0v) is 12.5. The van der Waals surface area contributed by atoms with Crippen LogP contribution in [-0.2, 0) is 14.8 Å². The number of amides is 1. The second-order valence-corrected chi connectivity index (χ2v) is 6.12. The fourth-order valence-electron chi connectivity index (χ4n) is 1.62. The number of benzene rings is 1. The van der Waals surface area contributed by atoms with Gasteiger partial charge in [-0.25, -0.2) is 8.42 Å². The van der Waals surface area contributed by atoms with Crippen LogP contribution in [0, 0.1) is 0 Å². The van der Waals surface area contributed by atoms with E-state index in [1.807, 2.05) is 0 Å². The van der Waals surface area contributed by atoms with E-state index in [0.717, 1.165) is 4.31 Å². The van der Waals surface area contributed by atoms with Crippen LogP contribution in [-0.4, -0.2) is 44.6 Å². The van der Waals surface area contributed by atoms with Crippen molar-refractivity contribution in [1.82, 2.24) is 9.62 Å². The number of nitrogens with zero attached hydrogens (tertiary/aromatic N) is 1. The molecule has 1 aromatic rings. The molecule has 0 saturated heterocycles. The fraction of sp³-hybridized carbons (Fsp3) is 0.385. The van der Waals surface area contributed by atoms with Crippen molar-refractivity contribution >= 4 is 21.7 Å². The van der Waals surface area contributed by atoms with Crippen LogP contribution in [0.25, 0.3) is 0 Å². The topological polar surface area (TPSA) is 83.6 Å². The number of likely N-dealkylation sites (N-methyl/N-ethyl adjacent to an activating group) is 2. The first-order valence-electron chi connectivity index (χ1n) is 6.14. The predicted octanol–water partition coefficient (Wildman–Crippen LogP) is 0.646. The molecular formula is C13H18N2O4S. The third kappa shape index (κ3) is 3.64. The highest BCUT2D eigenvalue weighted by Crippen LogP contribution is 2.16. The lowest BCUT2D eigenvalue weighted by Crippen LogP contribution is -2.39. The molecule has 1 amide bonds. The highest BCUT2D eigenvalue weighted by Gasteiger charge is 2.24. The lowest BCUT2D eigenvalue weighted by atomic mass is 10.2. The maximum Gasteiger partial charge on any atom is 0.243 e. The third-order valence-corrected chi connectivity index (χ3v) is 4.79. The van der Waals surface area contributed by atoms with Crippen molar-refractivity contribution in [2.75, 3.05) is 20.1 Å². The molecule has 6 nitrogen and oxygen atoms in total. The minimum absolute atomic E-state index is 0.0632. The summed E-state index contributed by atoms with van der Waals surface area (Å²) in [5, 5.41) is 2.39. The van der Waals surface area contributed by atoms with E-state index in [-0.39, 0.29) is 29.7 Å². The van der Waals surface area contributed by atoms with Gasteiger partial charge in [-0.05, 0) is 19.1 Å². The van der Waals surface area contributed by atoms with Crippen molar-refractivity contribution in [3.8, 4) is 0 Å². The SMILES string of the molecule is CCN(CC(=O)NC)S(=O)(=O)c1ccc(C(C)=O)cc1. The number of hydrogen-bond donors (Lipinski definition) is 1. The summed E-state index contributed by atoms with van der Waals surface area (Å²) in [6, 6.07) is 5.67. The van der Waals surface area contributed by atoms with Gasteiger partial charge in [0.25, 0.3) is 0 Å². The molecule has 0 bridgehead atoms. The Kier molecular flexibility index (Phi) is 5.41. The summed E-state index contributed by atoms with van der Waals surface area (Å²) >= 11 is 0. The van der Waals surface area contributed by atoms with Gasteiger partial charge in [0.05, 0.1) is 11.4 Å². The van der Waals surface area contributed by atoms with E-state index < -0.39 is 10.0 Å². The van der Waals surface area contributed by atoms with Gasteiger partial charge in [-0.3, -0.25) is 9.59 Å². The fourth-order valence-corrected chi connectivity index (χ4v) is 3.02. The van der Waals surface area contributed by atoms with Crippen molar-refractivity contribution in [3.05, 3.63) is 29.8 Å². The molecule has 1 rings (SSSR count). The van der Waals surface area contributed by atoms with Gasteiger partial charge in [0.2, 0.25) is 15.9 Å². The minimum Gasteiger partial charge on any atom is -0.358 e. The Balaban J connectivity index is 3.07. The Morgan fingerprint density at radius 1 is 1.20 bits per heavy atom. The summed E-state index contributed by atoms with van der Waals surface area (Å²) in [5.41, 5.74) is 0.443. The number of sulfonamides is 1. The quantitative estimate of drug-likeness (QED) is 0.781. The smallest absolute Gasteiger partial charge is 0.243 e. The van der Waals surface area contributed by atoms with E-state index in [1.54, 1.807) is 6.92 Å². The van der Waals surface area contributed by atoms with Gasteiger partial charge in [0.15, 0.2) is 5.78 Å². The van der Waals surface area contributed by atoms with Gasteiger partial charge in [-0.1, -0.05) is 19.1 Å². The minimum atomic E-state index is -3.74. The van der Waals surface area contributed by atoms with Crippen molar-refractivity contribution in [3.63, 3.8) is 0 Å². The van der Waals surface area contributed by atoms with Gasteiger partial charge in [0, 0.05) is 19.2 Å². The Morgan fingerprint density at radius 2 is 1.75 bits per heavy atom. The molecule has 0 saturated carbocycles. The second-order valence-electron chi connectivity index (χ2n) is 4.18. The van der Waals surface area contributed by atoms with E-state index in [4.69, 9.17) is 0 Å². The summed E-state index contributed by atoms with van der Waals surface area (Å²) in [6.45, 7) is 3.02. The molecule has 1 N–H and O–H groups in total. The molecule has 0 spiro atoms. The van der Waals surface area contributed by atoms with Crippen LogP contribution in [0.3, 0.4) is 0 Å². The molecule has 0 atom stereocenters. The van der Waals surface area contributed by atoms with Crippen LogP contribution in [0.15, 0.2) is 29.2 Å². The third-order valence-electron chi connectivity index (χ3n) is 2.85. The Bertz CT molecular complexity index is 593. The van der Waals surface area contributed by atoms with E-state index in [9.17, 15) is 18.0 Å². The lowest BCUT2D eigenvalue weighted by molar-refractivity contribution is -0.120. The summed E-state index contributed by atoms with van der Waals surface area (Å²) in [5.74, 6) is -0.512. The molecule has 0 fully saturated rings. The molecule has 0 aromatic heterocycles. The Labute approximate surface area is 118 Å². The van der Waals surface area contributed by atoms with Crippen molar-refractivity contribution < 1.29 is 18.0 Å². The molecule has 20 heavy (non-hydrogen) atoms. The maximum absolute atomic E-state index is 12.4. The standard InChI is InChI=1S/C13H18N2O4S/c1-4-15(9-13(17)14-3)20(18,19)12-7-5-11(6-8-12)10(2)16/h5-8H,4,9H2,1-3H3,(H,14,17). The van der Waals surface area contributed by atoms with Gasteiger partial charge in [-0.15, -0.1) is 0 Å². The Morgan fingerprint density at radius 3 is 2.15 bits per heavy atom. The number of Topliss-reactive ketones (excluding diaryl/α,β-unsaturated/α-hetero) is 1. The number of nitrogens with one attached hydrogen (secondary N) is 1. The first kappa shape index (κ1) is 16.3. The molecule has 0 aliphatic rings. The average molecular weight is 298 g/mol. The molecule has 0 heterocycles. The van der Waals surface area contributed by atoms with E-state index in [1.165, 1.54) is 38.2 Å². The number of rotatable bonds is 6. The zero-order chi connectivity index (χ0) is 15.3. The molecule has 7 heteroatoms. The van der Waals surface area contributed by atoms with Gasteiger partial charge in [-0.2, -0.15) is 4.31 Å². The van der Waals surface area contributed by atoms with Crippen LogP contribution in [0.2, 0.25) is 0 Å². The van der Waals surface area contributed by atoms with Crippen LogP contribution in [0.1, 0.15) is 24.2 Å². The summed E-state index contributed by atoms with van der Waals surface area (Å²) in [4.78, 5) is 22.6. The zero-order valence-electron chi connectivity index (χ0n) is 11.7. The van der Waals surface area contributed by atoms with E-state index in [0.29, 0.717) is 5.56 Å². The second kappa shape index (κ2) is 6.62. The molecule has 110 valence electrons. The first-order chi connectivity index (χ1) is 9.32. The number of ketones is 1. The highest BCUT2D eigenvalue weighted by molar-refractivity contribution is 7.89. The van der Waals surface area contributed by atoms with Gasteiger partial charge in [0.1, 0.15) is 0 Å². The number of hydrogen-bond acceptors (Lipinski definition) is 4. The van der Waals surface area contributed by atoms with Crippen molar-refractivity contribution in [2.24, 2.45) is 0 Å². The number of carbonyl (C=O) groups excluding carboxylic acids is 2. The van der Waals surface area contributed by atoms with Crippen LogP contribution in [0.5, 0.6) is 0 Å². The van der Waals surface area contributed by atoms with Crippen molar-refractivity contribution in [1.29, 1.82) is 0 Å². The molecule has 0 aliphatic heterocycles. The summed E-state index contributed by atoms with van der Waals surface area (Å²) in [7, 11) is -2.29. The van der Waals surface area contributed by atoms with Gasteiger partial charge < -0.3 is 5.32 Å². The van der Waals surface area contributed by atoms with E-state index in [2.05, 4.69) is 5.32 Å². The molecule has 0 radical (unpaired) electrons. The predicted molar refractivity (Wildman–Crippen MR) is 74.9 cm³/mol. The summed E-state index contributed by atoms with van der Waals surface area (Å²) < 4.78 is 25.8. The Hall–Kier alpha value is -1.73. The lowest BCUT2D eigenvalue weighted by Gasteiger charge is -2.19. The van der Waals surface area contributed by atoms with Crippen LogP contribution in [0.4, 0.5) is 0 Å². The van der Waals surface area contributed by atoms with Crippen molar-refractivity contribution in [2.45, 2.75) is 18.7 Å². The largest absolute Gasteiger partial charge is 0.358 e. The molecule has 0 aliphatic carbocycles. The van der Waals surface area contributed by atoms with E-state index >= 15 is 0 Å². The number of carbonyl (C=O) groups is 2. The van der Waals surface area contributed by atoms with Crippen LogP contribution < -0.4 is 5.32 Å². The first-order valence-corrected chi connectivity index (χ1v) is 7.58. The molecular weight excluding hydrogens is 280 g/mol. The maximum atomic E-state index is 12.4. The molecule has 1 aromatic carbocycles. The van der Waals surface area contributed by atoms with Crippen LogP contribution >= 0.6 is 0 Å². The van der Waals surface area contributed by atoms with Gasteiger partial charge >= 0.3 is 0 Å². The average Bonchev–Trinajstić information content (AvgIpc) is 2.44. The monoisotopic (exact) mass is 298 g/mol.